The molecule has 2 amide bonds. The van der Waals surface area contributed by atoms with Crippen LogP contribution in [0.15, 0.2) is 32.6 Å². The summed E-state index contributed by atoms with van der Waals surface area (Å²) in [5.74, 6) is -0.448. The van der Waals surface area contributed by atoms with E-state index in [4.69, 9.17) is 0 Å². The fourth-order valence-corrected chi connectivity index (χ4v) is 3.70. The highest BCUT2D eigenvalue weighted by molar-refractivity contribution is 6.23. The van der Waals surface area contributed by atoms with Gasteiger partial charge in [-0.2, -0.15) is 0 Å². The minimum absolute atomic E-state index is 0.0134. The summed E-state index contributed by atoms with van der Waals surface area (Å²) < 4.78 is 0. The second kappa shape index (κ2) is 7.65. The van der Waals surface area contributed by atoms with Crippen LogP contribution in [0.4, 0.5) is 0 Å². The SMILES string of the molecule is CCN1C(=O)C(C(C)=NCCN=C(C)C2=C(O)C(C)(C)N(C)C2=O)=C(O)C1(C)C. The molecule has 2 aliphatic heterocycles. The van der Waals surface area contributed by atoms with E-state index in [-0.39, 0.29) is 34.5 Å². The highest BCUT2D eigenvalue weighted by Crippen LogP contribution is 2.34. The molecule has 0 saturated carbocycles. The van der Waals surface area contributed by atoms with Gasteiger partial charge in [-0.1, -0.05) is 0 Å². The Morgan fingerprint density at radius 2 is 1.28 bits per heavy atom. The average Bonchev–Trinajstić information content (AvgIpc) is 2.90. The smallest absolute Gasteiger partial charge is 0.260 e. The van der Waals surface area contributed by atoms with Crippen LogP contribution in [0.5, 0.6) is 0 Å². The fourth-order valence-electron chi connectivity index (χ4n) is 3.70. The van der Waals surface area contributed by atoms with Gasteiger partial charge in [-0.3, -0.25) is 19.6 Å². The molecule has 0 saturated heterocycles. The van der Waals surface area contributed by atoms with Gasteiger partial charge in [0.25, 0.3) is 11.8 Å². The molecule has 0 bridgehead atoms. The van der Waals surface area contributed by atoms with E-state index in [2.05, 4.69) is 9.98 Å². The van der Waals surface area contributed by atoms with E-state index in [9.17, 15) is 19.8 Å². The van der Waals surface area contributed by atoms with Crippen molar-refractivity contribution < 1.29 is 19.8 Å². The molecule has 29 heavy (non-hydrogen) atoms. The van der Waals surface area contributed by atoms with Crippen molar-refractivity contribution in [3.05, 3.63) is 22.7 Å². The zero-order valence-electron chi connectivity index (χ0n) is 18.6. The maximum Gasteiger partial charge on any atom is 0.260 e. The summed E-state index contributed by atoms with van der Waals surface area (Å²) in [6.45, 7) is 13.5. The van der Waals surface area contributed by atoms with E-state index in [0.717, 1.165) is 0 Å². The second-order valence-corrected chi connectivity index (χ2v) is 8.41. The number of aliphatic hydroxyl groups is 2. The number of nitrogens with zero attached hydrogens (tertiary/aromatic N) is 4. The van der Waals surface area contributed by atoms with Crippen molar-refractivity contribution in [3.63, 3.8) is 0 Å². The molecule has 0 unspecified atom stereocenters. The lowest BCUT2D eigenvalue weighted by Gasteiger charge is -2.30. The molecule has 2 aliphatic rings. The third-order valence-corrected chi connectivity index (χ3v) is 5.96. The molecule has 0 spiro atoms. The molecule has 0 aliphatic carbocycles. The molecule has 0 atom stereocenters. The molecular weight excluding hydrogens is 372 g/mol. The molecule has 0 radical (unpaired) electrons. The molecular formula is C21H32N4O4. The number of likely N-dealkylation sites (N-methyl/N-ethyl adjacent to an activating group) is 2. The topological polar surface area (TPSA) is 106 Å². The van der Waals surface area contributed by atoms with Gasteiger partial charge in [-0.05, 0) is 48.5 Å². The Morgan fingerprint density at radius 3 is 1.62 bits per heavy atom. The molecule has 0 aromatic rings. The van der Waals surface area contributed by atoms with E-state index >= 15 is 0 Å². The lowest BCUT2D eigenvalue weighted by atomic mass is 10.0. The van der Waals surface area contributed by atoms with Crippen molar-refractivity contribution in [2.75, 3.05) is 26.7 Å². The normalized spacial score (nSPS) is 22.5. The Hall–Kier alpha value is -2.64. The molecule has 0 aromatic carbocycles. The van der Waals surface area contributed by atoms with E-state index < -0.39 is 11.1 Å². The Balaban J connectivity index is 2.15. The lowest BCUT2D eigenvalue weighted by Crippen LogP contribution is -2.43. The summed E-state index contributed by atoms with van der Waals surface area (Å²) in [5, 5.41) is 20.9. The number of hydrogen-bond donors (Lipinski definition) is 2. The van der Waals surface area contributed by atoms with Gasteiger partial charge in [0.15, 0.2) is 0 Å². The van der Waals surface area contributed by atoms with Crippen LogP contribution in [0.3, 0.4) is 0 Å². The number of aliphatic imine (C=N–C) groups is 2. The Bertz CT molecular complexity index is 862. The largest absolute Gasteiger partial charge is 0.509 e. The van der Waals surface area contributed by atoms with Crippen molar-refractivity contribution in [3.8, 4) is 0 Å². The summed E-state index contributed by atoms with van der Waals surface area (Å²) >= 11 is 0. The maximum absolute atomic E-state index is 12.6. The van der Waals surface area contributed by atoms with E-state index in [1.54, 1.807) is 53.5 Å². The summed E-state index contributed by atoms with van der Waals surface area (Å²) in [4.78, 5) is 36.9. The number of hydrogen-bond acceptors (Lipinski definition) is 6. The zero-order valence-corrected chi connectivity index (χ0v) is 18.6. The third kappa shape index (κ3) is 3.56. The van der Waals surface area contributed by atoms with Gasteiger partial charge in [-0.25, -0.2) is 0 Å². The van der Waals surface area contributed by atoms with Crippen LogP contribution < -0.4 is 0 Å². The second-order valence-electron chi connectivity index (χ2n) is 8.41. The Labute approximate surface area is 172 Å². The number of aliphatic hydroxyl groups excluding tert-OH is 2. The van der Waals surface area contributed by atoms with Crippen LogP contribution in [0.25, 0.3) is 0 Å². The molecule has 0 fully saturated rings. The van der Waals surface area contributed by atoms with Crippen molar-refractivity contribution in [1.29, 1.82) is 0 Å². The average molecular weight is 405 g/mol. The summed E-state index contributed by atoms with van der Waals surface area (Å²) in [7, 11) is 1.65. The number of amides is 2. The first-order chi connectivity index (χ1) is 13.3. The van der Waals surface area contributed by atoms with Crippen molar-refractivity contribution >= 4 is 23.2 Å². The minimum atomic E-state index is -0.761. The monoisotopic (exact) mass is 404 g/mol. The maximum atomic E-state index is 12.6. The van der Waals surface area contributed by atoms with Gasteiger partial charge < -0.3 is 20.0 Å². The van der Waals surface area contributed by atoms with Crippen LogP contribution >= 0.6 is 0 Å². The van der Waals surface area contributed by atoms with Crippen LogP contribution in [0.1, 0.15) is 48.5 Å². The Morgan fingerprint density at radius 1 is 0.862 bits per heavy atom. The van der Waals surface area contributed by atoms with Crippen molar-refractivity contribution in [1.82, 2.24) is 9.80 Å². The molecule has 2 rings (SSSR count). The number of rotatable bonds is 6. The van der Waals surface area contributed by atoms with Gasteiger partial charge in [0.1, 0.15) is 22.7 Å². The van der Waals surface area contributed by atoms with Crippen LogP contribution in [-0.4, -0.2) is 81.0 Å². The van der Waals surface area contributed by atoms with Crippen LogP contribution in [-0.2, 0) is 9.59 Å². The first kappa shape index (κ1) is 22.6. The van der Waals surface area contributed by atoms with Gasteiger partial charge in [0.2, 0.25) is 0 Å². The molecule has 8 heteroatoms. The third-order valence-electron chi connectivity index (χ3n) is 5.96. The minimum Gasteiger partial charge on any atom is -0.509 e. The van der Waals surface area contributed by atoms with Gasteiger partial charge >= 0.3 is 0 Å². The van der Waals surface area contributed by atoms with Crippen molar-refractivity contribution in [2.24, 2.45) is 9.98 Å². The predicted molar refractivity (Wildman–Crippen MR) is 114 cm³/mol. The molecule has 2 heterocycles. The van der Waals surface area contributed by atoms with Crippen LogP contribution in [0, 0.1) is 0 Å². The Kier molecular flexibility index (Phi) is 5.97. The molecule has 160 valence electrons. The van der Waals surface area contributed by atoms with Crippen molar-refractivity contribution in [2.45, 2.75) is 59.5 Å². The van der Waals surface area contributed by atoms with E-state index in [1.807, 2.05) is 6.92 Å². The summed E-state index contributed by atoms with van der Waals surface area (Å²) in [5.41, 5.74) is -0.127. The highest BCUT2D eigenvalue weighted by atomic mass is 16.3. The number of carbonyl (C=O) groups is 2. The summed E-state index contributed by atoms with van der Waals surface area (Å²) in [6, 6.07) is 0. The molecule has 2 N–H and O–H groups in total. The standard InChI is InChI=1S/C21H32N4O4/c1-9-25-19(29)15(17(27)21(25,6)7)13(3)23-11-10-22-12(2)14-16(26)20(4,5)24(8)18(14)28/h26-27H,9-11H2,1-8H3. The highest BCUT2D eigenvalue weighted by Gasteiger charge is 2.46. The van der Waals surface area contributed by atoms with Gasteiger partial charge in [0, 0.05) is 25.0 Å². The van der Waals surface area contributed by atoms with Gasteiger partial charge in [0.05, 0.1) is 24.2 Å². The molecule has 0 aromatic heterocycles. The van der Waals surface area contributed by atoms with E-state index in [0.29, 0.717) is 31.1 Å². The summed E-state index contributed by atoms with van der Waals surface area (Å²) in [6.07, 6.45) is 0. The first-order valence-corrected chi connectivity index (χ1v) is 9.80. The van der Waals surface area contributed by atoms with E-state index in [1.165, 1.54) is 4.90 Å². The number of carbonyl (C=O) groups excluding carboxylic acids is 2. The molecule has 8 nitrogen and oxygen atoms in total. The van der Waals surface area contributed by atoms with Gasteiger partial charge in [-0.15, -0.1) is 0 Å². The first-order valence-electron chi connectivity index (χ1n) is 9.80. The lowest BCUT2D eigenvalue weighted by molar-refractivity contribution is -0.128. The van der Waals surface area contributed by atoms with Crippen LogP contribution in [0.2, 0.25) is 0 Å². The zero-order chi connectivity index (χ0) is 22.3. The quantitative estimate of drug-likeness (QED) is 0.524. The predicted octanol–water partition coefficient (Wildman–Crippen LogP) is 2.42. The fraction of sp³-hybridized carbons (Fsp3) is 0.619.